The number of rotatable bonds is 9. The molecule has 7 nitrogen and oxygen atoms in total. The Morgan fingerprint density at radius 3 is 2.43 bits per heavy atom. The van der Waals surface area contributed by atoms with Gasteiger partial charge in [-0.2, -0.15) is 0 Å². The third kappa shape index (κ3) is 8.48. The Morgan fingerprint density at radius 2 is 1.73 bits per heavy atom. The summed E-state index contributed by atoms with van der Waals surface area (Å²) in [5, 5.41) is 2.47. The number of aryl methyl sites for hydroxylation is 1. The third-order valence-corrected chi connectivity index (χ3v) is 4.24. The van der Waals surface area contributed by atoms with E-state index in [1.165, 1.54) is 0 Å². The van der Waals surface area contributed by atoms with Gasteiger partial charge in [0.2, 0.25) is 0 Å². The first-order chi connectivity index (χ1) is 14.5. The molecule has 0 atom stereocenters. The van der Waals surface area contributed by atoms with Crippen LogP contribution in [0.2, 0.25) is 0 Å². The second kappa shape index (κ2) is 12.4. The monoisotopic (exact) mass is 429 g/mol. The van der Waals surface area contributed by atoms with Crippen LogP contribution >= 0.6 is 12.2 Å². The van der Waals surface area contributed by atoms with Gasteiger partial charge >= 0.3 is 0 Å². The molecule has 3 N–H and O–H groups in total. The highest BCUT2D eigenvalue weighted by molar-refractivity contribution is 7.80. The number of nitrogens with one attached hydrogen (secondary N) is 3. The number of carbonyl (C=O) groups is 2. The van der Waals surface area contributed by atoms with E-state index in [0.29, 0.717) is 23.7 Å². The number of hydrogen-bond acceptors (Lipinski definition) is 5. The highest BCUT2D eigenvalue weighted by Gasteiger charge is 2.09. The van der Waals surface area contributed by atoms with Gasteiger partial charge in [0.15, 0.2) is 11.7 Å². The molecule has 0 saturated carbocycles. The molecule has 30 heavy (non-hydrogen) atoms. The summed E-state index contributed by atoms with van der Waals surface area (Å²) in [5.41, 5.74) is 6.31. The Hall–Kier alpha value is -3.13. The minimum absolute atomic E-state index is 0.0243. The lowest BCUT2D eigenvalue weighted by Gasteiger charge is -2.12. The van der Waals surface area contributed by atoms with Crippen molar-refractivity contribution in [1.82, 2.24) is 16.2 Å². The van der Waals surface area contributed by atoms with Crippen LogP contribution in [0, 0.1) is 6.92 Å². The smallest absolute Gasteiger partial charge is 0.276 e. The minimum Gasteiger partial charge on any atom is -0.494 e. The molecule has 0 spiro atoms. The summed E-state index contributed by atoms with van der Waals surface area (Å²) in [6.45, 7) is 4.54. The Labute approximate surface area is 182 Å². The minimum atomic E-state index is -0.433. The van der Waals surface area contributed by atoms with Crippen molar-refractivity contribution in [1.29, 1.82) is 0 Å². The average molecular weight is 430 g/mol. The number of hydrogen-bond donors (Lipinski definition) is 3. The van der Waals surface area contributed by atoms with E-state index >= 15 is 0 Å². The van der Waals surface area contributed by atoms with E-state index in [2.05, 4.69) is 23.1 Å². The zero-order valence-electron chi connectivity index (χ0n) is 17.2. The molecule has 8 heteroatoms. The molecular weight excluding hydrogens is 402 g/mol. The summed E-state index contributed by atoms with van der Waals surface area (Å²) < 4.78 is 11.0. The van der Waals surface area contributed by atoms with Gasteiger partial charge in [-0.05, 0) is 67.5 Å². The van der Waals surface area contributed by atoms with Gasteiger partial charge in [0.05, 0.1) is 6.61 Å². The van der Waals surface area contributed by atoms with Crippen LogP contribution in [0.15, 0.2) is 48.5 Å². The molecule has 0 aliphatic heterocycles. The maximum Gasteiger partial charge on any atom is 0.276 e. The van der Waals surface area contributed by atoms with Gasteiger partial charge < -0.3 is 9.47 Å². The fourth-order valence-corrected chi connectivity index (χ4v) is 2.61. The normalized spacial score (nSPS) is 10.1. The van der Waals surface area contributed by atoms with E-state index in [1.54, 1.807) is 30.3 Å². The third-order valence-electron chi connectivity index (χ3n) is 4.04. The highest BCUT2D eigenvalue weighted by atomic mass is 32.1. The first-order valence-electron chi connectivity index (χ1n) is 9.80. The molecule has 2 amide bonds. The van der Waals surface area contributed by atoms with Crippen molar-refractivity contribution in [3.05, 3.63) is 59.7 Å². The van der Waals surface area contributed by atoms with Crippen LogP contribution in [0.4, 0.5) is 0 Å². The lowest BCUT2D eigenvalue weighted by molar-refractivity contribution is -0.123. The number of unbranched alkanes of at least 4 members (excludes halogenated alkanes) is 2. The van der Waals surface area contributed by atoms with Crippen molar-refractivity contribution in [2.45, 2.75) is 33.1 Å². The van der Waals surface area contributed by atoms with Crippen LogP contribution in [0.3, 0.4) is 0 Å². The maximum absolute atomic E-state index is 12.2. The number of hydrazine groups is 1. The molecule has 0 heterocycles. The van der Waals surface area contributed by atoms with Crippen LogP contribution in [0.25, 0.3) is 0 Å². The fraction of sp³-hybridized carbons (Fsp3) is 0.318. The summed E-state index contributed by atoms with van der Waals surface area (Å²) in [6.07, 6.45) is 3.26. The predicted molar refractivity (Wildman–Crippen MR) is 119 cm³/mol. The SMILES string of the molecule is CCCCCOc1ccc(C(=O)NC(=S)NNC(=O)COc2cccc(C)c2)cc1. The van der Waals surface area contributed by atoms with Crippen molar-refractivity contribution in [2.75, 3.05) is 13.2 Å². The molecule has 0 aliphatic rings. The van der Waals surface area contributed by atoms with Crippen LogP contribution in [-0.4, -0.2) is 30.1 Å². The van der Waals surface area contributed by atoms with Crippen molar-refractivity contribution in [3.8, 4) is 11.5 Å². The van der Waals surface area contributed by atoms with Crippen molar-refractivity contribution in [2.24, 2.45) is 0 Å². The molecular formula is C22H27N3O4S. The molecule has 0 bridgehead atoms. The van der Waals surface area contributed by atoms with Crippen molar-refractivity contribution < 1.29 is 19.1 Å². The van der Waals surface area contributed by atoms with E-state index in [0.717, 1.165) is 24.8 Å². The van der Waals surface area contributed by atoms with Gasteiger partial charge in [0.25, 0.3) is 11.8 Å². The van der Waals surface area contributed by atoms with Crippen LogP contribution in [-0.2, 0) is 4.79 Å². The van der Waals surface area contributed by atoms with E-state index in [9.17, 15) is 9.59 Å². The number of benzene rings is 2. The number of carbonyl (C=O) groups excluding carboxylic acids is 2. The number of thiocarbonyl (C=S) groups is 1. The predicted octanol–water partition coefficient (Wildman–Crippen LogP) is 3.28. The molecule has 0 aliphatic carbocycles. The van der Waals surface area contributed by atoms with Crippen molar-refractivity contribution in [3.63, 3.8) is 0 Å². The summed E-state index contributed by atoms with van der Waals surface area (Å²) in [7, 11) is 0. The topological polar surface area (TPSA) is 88.7 Å². The molecule has 0 aromatic heterocycles. The molecule has 0 saturated heterocycles. The fourth-order valence-electron chi connectivity index (χ4n) is 2.47. The second-order valence-corrected chi connectivity index (χ2v) is 7.05. The van der Waals surface area contributed by atoms with Crippen LogP contribution in [0.1, 0.15) is 42.1 Å². The summed E-state index contributed by atoms with van der Waals surface area (Å²) >= 11 is 5.03. The molecule has 2 aromatic rings. The highest BCUT2D eigenvalue weighted by Crippen LogP contribution is 2.13. The average Bonchev–Trinajstić information content (AvgIpc) is 2.74. The molecule has 0 unspecified atom stereocenters. The first kappa shape index (κ1) is 23.2. The number of ether oxygens (including phenoxy) is 2. The standard InChI is InChI=1S/C22H27N3O4S/c1-3-4-5-13-28-18-11-9-17(10-12-18)21(27)23-22(30)25-24-20(26)15-29-19-8-6-7-16(2)14-19/h6-12,14H,3-5,13,15H2,1-2H3,(H,24,26)(H2,23,25,27,30). The van der Waals surface area contributed by atoms with Gasteiger partial charge in [-0.3, -0.25) is 25.8 Å². The zero-order valence-corrected chi connectivity index (χ0v) is 18.0. The Bertz CT molecular complexity index is 856. The van der Waals surface area contributed by atoms with E-state index in [1.807, 2.05) is 25.1 Å². The Kier molecular flexibility index (Phi) is 9.60. The molecule has 2 rings (SSSR count). The van der Waals surface area contributed by atoms with E-state index < -0.39 is 11.8 Å². The Morgan fingerprint density at radius 1 is 0.967 bits per heavy atom. The second-order valence-electron chi connectivity index (χ2n) is 6.64. The maximum atomic E-state index is 12.2. The van der Waals surface area contributed by atoms with Crippen molar-refractivity contribution >= 4 is 29.1 Å². The lowest BCUT2D eigenvalue weighted by Crippen LogP contribution is -2.49. The zero-order chi connectivity index (χ0) is 21.8. The molecule has 0 fully saturated rings. The quantitative estimate of drug-likeness (QED) is 0.322. The van der Waals surface area contributed by atoms with Gasteiger partial charge in [-0.15, -0.1) is 0 Å². The first-order valence-corrected chi connectivity index (χ1v) is 10.2. The van der Waals surface area contributed by atoms with E-state index in [4.69, 9.17) is 21.7 Å². The van der Waals surface area contributed by atoms with Gasteiger partial charge in [0.1, 0.15) is 11.5 Å². The van der Waals surface area contributed by atoms with Gasteiger partial charge in [0, 0.05) is 5.56 Å². The molecule has 2 aromatic carbocycles. The van der Waals surface area contributed by atoms with Gasteiger partial charge in [-0.1, -0.05) is 31.9 Å². The summed E-state index contributed by atoms with van der Waals surface area (Å²) in [5.74, 6) is 0.482. The van der Waals surface area contributed by atoms with E-state index in [-0.39, 0.29) is 11.7 Å². The van der Waals surface area contributed by atoms with Crippen LogP contribution < -0.4 is 25.6 Å². The van der Waals surface area contributed by atoms with Crippen LogP contribution in [0.5, 0.6) is 11.5 Å². The lowest BCUT2D eigenvalue weighted by atomic mass is 10.2. The number of amides is 2. The molecule has 0 radical (unpaired) electrons. The summed E-state index contributed by atoms with van der Waals surface area (Å²) in [4.78, 5) is 24.1. The largest absolute Gasteiger partial charge is 0.494 e. The Balaban J connectivity index is 1.69. The van der Waals surface area contributed by atoms with Gasteiger partial charge in [-0.25, -0.2) is 0 Å². The molecule has 160 valence electrons. The summed E-state index contributed by atoms with van der Waals surface area (Å²) in [6, 6.07) is 14.2.